The summed E-state index contributed by atoms with van der Waals surface area (Å²) in [5.41, 5.74) is 1.59. The van der Waals surface area contributed by atoms with Gasteiger partial charge >= 0.3 is 0 Å². The van der Waals surface area contributed by atoms with Gasteiger partial charge in [0.2, 0.25) is 0 Å². The van der Waals surface area contributed by atoms with E-state index in [2.05, 4.69) is 0 Å². The molecule has 6 nitrogen and oxygen atoms in total. The number of hydrogen-bond donors (Lipinski definition) is 4. The van der Waals surface area contributed by atoms with E-state index in [1.807, 2.05) is 91.0 Å². The third-order valence-electron chi connectivity index (χ3n) is 5.69. The van der Waals surface area contributed by atoms with Crippen molar-refractivity contribution in [2.75, 3.05) is 6.61 Å². The second kappa shape index (κ2) is 9.28. The minimum Gasteiger partial charge on any atom is -0.387 e. The van der Waals surface area contributed by atoms with Gasteiger partial charge in [0.15, 0.2) is 6.29 Å². The maximum absolute atomic E-state index is 10.4. The van der Waals surface area contributed by atoms with E-state index < -0.39 is 36.3 Å². The van der Waals surface area contributed by atoms with E-state index in [1.165, 1.54) is 0 Å². The van der Waals surface area contributed by atoms with Crippen molar-refractivity contribution in [1.29, 1.82) is 0 Å². The predicted molar refractivity (Wildman–Crippen MR) is 114 cm³/mol. The Morgan fingerprint density at radius 2 is 1.03 bits per heavy atom. The number of hydrogen-bond acceptors (Lipinski definition) is 6. The highest BCUT2D eigenvalue weighted by molar-refractivity contribution is 5.47. The fourth-order valence-electron chi connectivity index (χ4n) is 4.04. The topological polar surface area (TPSA) is 99.4 Å². The number of ether oxygens (including phenoxy) is 2. The Balaban J connectivity index is 1.78. The van der Waals surface area contributed by atoms with Crippen LogP contribution < -0.4 is 0 Å². The van der Waals surface area contributed by atoms with Crippen molar-refractivity contribution in [2.24, 2.45) is 0 Å². The molecule has 0 spiro atoms. The van der Waals surface area contributed by atoms with Gasteiger partial charge in [0.05, 0.1) is 6.61 Å². The maximum atomic E-state index is 10.4. The first-order valence-electron chi connectivity index (χ1n) is 10.2. The molecule has 1 saturated heterocycles. The van der Waals surface area contributed by atoms with Gasteiger partial charge in [0.1, 0.15) is 30.0 Å². The van der Waals surface area contributed by atoms with Crippen molar-refractivity contribution in [3.05, 3.63) is 108 Å². The van der Waals surface area contributed by atoms with Crippen LogP contribution in [0.3, 0.4) is 0 Å². The highest BCUT2D eigenvalue weighted by Gasteiger charge is 2.45. The Morgan fingerprint density at radius 1 is 0.613 bits per heavy atom. The summed E-state index contributed by atoms with van der Waals surface area (Å²) in [6, 6.07) is 29.1. The molecule has 6 heteroatoms. The van der Waals surface area contributed by atoms with Gasteiger partial charge in [0, 0.05) is 0 Å². The van der Waals surface area contributed by atoms with Gasteiger partial charge in [-0.15, -0.1) is 0 Å². The molecule has 31 heavy (non-hydrogen) atoms. The van der Waals surface area contributed by atoms with E-state index >= 15 is 0 Å². The Kier molecular flexibility index (Phi) is 6.48. The first-order chi connectivity index (χ1) is 15.0. The fourth-order valence-corrected chi connectivity index (χ4v) is 4.04. The molecular formula is C25H26O6. The van der Waals surface area contributed by atoms with E-state index in [-0.39, 0.29) is 6.61 Å². The molecule has 162 valence electrons. The van der Waals surface area contributed by atoms with Crippen LogP contribution in [0.2, 0.25) is 0 Å². The van der Waals surface area contributed by atoms with E-state index in [9.17, 15) is 20.4 Å². The smallest absolute Gasteiger partial charge is 0.184 e. The SMILES string of the molecule is O[C@H]1[C@@H](O)[C@@H](COC(c2ccccc2)(c2ccccc2)c2ccccc2)O[C@@H](O)[C@H]1O. The third kappa shape index (κ3) is 4.14. The molecular weight excluding hydrogens is 396 g/mol. The summed E-state index contributed by atoms with van der Waals surface area (Å²) in [6.45, 7) is -0.138. The number of rotatable bonds is 6. The lowest BCUT2D eigenvalue weighted by atomic mass is 9.80. The summed E-state index contributed by atoms with van der Waals surface area (Å²) in [4.78, 5) is 0. The van der Waals surface area contributed by atoms with Crippen molar-refractivity contribution >= 4 is 0 Å². The van der Waals surface area contributed by atoms with E-state index in [1.54, 1.807) is 0 Å². The lowest BCUT2D eigenvalue weighted by Gasteiger charge is -2.41. The third-order valence-corrected chi connectivity index (χ3v) is 5.69. The summed E-state index contributed by atoms with van der Waals surface area (Å²) in [6.07, 6.45) is -7.21. The normalized spacial score (nSPS) is 26.5. The number of aliphatic hydroxyl groups is 4. The molecule has 5 atom stereocenters. The standard InChI is InChI=1S/C25H26O6/c26-21-20(31-24(29)23(28)22(21)27)16-30-25(17-10-4-1-5-11-17,18-12-6-2-7-13-18)19-14-8-3-9-15-19/h1-15,20-24,26-29H,16H2/t20-,21+,22+,23+,24-/m1/s1. The molecule has 3 aromatic rings. The highest BCUT2D eigenvalue weighted by atomic mass is 16.6. The zero-order chi connectivity index (χ0) is 21.8. The van der Waals surface area contributed by atoms with E-state index in [0.717, 1.165) is 16.7 Å². The number of aliphatic hydroxyl groups excluding tert-OH is 4. The summed E-state index contributed by atoms with van der Waals surface area (Å²) in [5, 5.41) is 40.2. The molecule has 4 N–H and O–H groups in total. The predicted octanol–water partition coefficient (Wildman–Crippen LogP) is 1.79. The van der Waals surface area contributed by atoms with Gasteiger partial charge < -0.3 is 29.9 Å². The molecule has 4 rings (SSSR count). The Labute approximate surface area is 180 Å². The molecule has 1 aliphatic rings. The van der Waals surface area contributed by atoms with Crippen LogP contribution in [-0.2, 0) is 15.1 Å². The molecule has 1 heterocycles. The summed E-state index contributed by atoms with van der Waals surface area (Å²) < 4.78 is 11.9. The van der Waals surface area contributed by atoms with Crippen LogP contribution in [0.25, 0.3) is 0 Å². The van der Waals surface area contributed by atoms with Crippen molar-refractivity contribution in [2.45, 2.75) is 36.3 Å². The largest absolute Gasteiger partial charge is 0.387 e. The zero-order valence-electron chi connectivity index (χ0n) is 16.9. The molecule has 3 aromatic carbocycles. The molecule has 0 radical (unpaired) electrons. The molecule has 0 bridgehead atoms. The molecule has 0 amide bonds. The van der Waals surface area contributed by atoms with Crippen LogP contribution >= 0.6 is 0 Å². The van der Waals surface area contributed by atoms with Crippen molar-refractivity contribution in [3.63, 3.8) is 0 Å². The van der Waals surface area contributed by atoms with Gasteiger partial charge in [-0.05, 0) is 16.7 Å². The summed E-state index contributed by atoms with van der Waals surface area (Å²) in [5.74, 6) is 0. The van der Waals surface area contributed by atoms with Crippen LogP contribution in [0.4, 0.5) is 0 Å². The van der Waals surface area contributed by atoms with E-state index in [0.29, 0.717) is 0 Å². The molecule has 0 aromatic heterocycles. The van der Waals surface area contributed by atoms with Gasteiger partial charge in [0.25, 0.3) is 0 Å². The lowest BCUT2D eigenvalue weighted by Crippen LogP contribution is -2.59. The molecule has 0 saturated carbocycles. The minimum atomic E-state index is -1.62. The molecule has 1 aliphatic heterocycles. The summed E-state index contributed by atoms with van der Waals surface area (Å²) >= 11 is 0. The quantitative estimate of drug-likeness (QED) is 0.452. The molecule has 0 aliphatic carbocycles. The fraction of sp³-hybridized carbons (Fsp3) is 0.280. The van der Waals surface area contributed by atoms with Crippen LogP contribution in [0, 0.1) is 0 Å². The van der Waals surface area contributed by atoms with E-state index in [4.69, 9.17) is 9.47 Å². The van der Waals surface area contributed by atoms with Crippen LogP contribution in [0.15, 0.2) is 91.0 Å². The van der Waals surface area contributed by atoms with Crippen LogP contribution in [0.1, 0.15) is 16.7 Å². The second-order valence-corrected chi connectivity index (χ2v) is 7.63. The maximum Gasteiger partial charge on any atom is 0.184 e. The first-order valence-corrected chi connectivity index (χ1v) is 10.2. The number of benzene rings is 3. The summed E-state index contributed by atoms with van der Waals surface area (Å²) in [7, 11) is 0. The first kappa shape index (κ1) is 21.6. The Bertz CT molecular complexity index is 853. The monoisotopic (exact) mass is 422 g/mol. The lowest BCUT2D eigenvalue weighted by molar-refractivity contribution is -0.291. The van der Waals surface area contributed by atoms with Crippen molar-refractivity contribution < 1.29 is 29.9 Å². The average Bonchev–Trinajstić information content (AvgIpc) is 2.83. The van der Waals surface area contributed by atoms with Crippen molar-refractivity contribution in [1.82, 2.24) is 0 Å². The Hall–Kier alpha value is -2.58. The van der Waals surface area contributed by atoms with Crippen LogP contribution in [0.5, 0.6) is 0 Å². The minimum absolute atomic E-state index is 0.138. The van der Waals surface area contributed by atoms with Gasteiger partial charge in [-0.25, -0.2) is 0 Å². The Morgan fingerprint density at radius 3 is 1.45 bits per heavy atom. The molecule has 0 unspecified atom stereocenters. The van der Waals surface area contributed by atoms with Gasteiger partial charge in [-0.2, -0.15) is 0 Å². The van der Waals surface area contributed by atoms with Crippen LogP contribution in [-0.4, -0.2) is 57.7 Å². The van der Waals surface area contributed by atoms with Crippen molar-refractivity contribution in [3.8, 4) is 0 Å². The average molecular weight is 422 g/mol. The second-order valence-electron chi connectivity index (χ2n) is 7.63. The van der Waals surface area contributed by atoms with Gasteiger partial charge in [-0.1, -0.05) is 91.0 Å². The zero-order valence-corrected chi connectivity index (χ0v) is 16.9. The van der Waals surface area contributed by atoms with Gasteiger partial charge in [-0.3, -0.25) is 0 Å². The molecule has 1 fully saturated rings. The highest BCUT2D eigenvalue weighted by Crippen LogP contribution is 2.41.